The van der Waals surface area contributed by atoms with Gasteiger partial charge in [-0.3, -0.25) is 9.69 Å². The number of hydrogen-bond acceptors (Lipinski definition) is 3. The number of amides is 1. The molecule has 1 N–H and O–H groups in total. The third-order valence-electron chi connectivity index (χ3n) is 5.61. The van der Waals surface area contributed by atoms with E-state index in [2.05, 4.69) is 10.2 Å². The van der Waals surface area contributed by atoms with Crippen molar-refractivity contribution >= 4 is 5.91 Å². The van der Waals surface area contributed by atoms with E-state index in [4.69, 9.17) is 0 Å². The highest BCUT2D eigenvalue weighted by Crippen LogP contribution is 2.48. The Hall–Kier alpha value is -0.610. The van der Waals surface area contributed by atoms with E-state index >= 15 is 0 Å². The summed E-state index contributed by atoms with van der Waals surface area (Å²) in [6.07, 6.45) is 6.82. The third kappa shape index (κ3) is 3.34. The van der Waals surface area contributed by atoms with Gasteiger partial charge in [0.2, 0.25) is 5.91 Å². The van der Waals surface area contributed by atoms with Crippen LogP contribution in [0.4, 0.5) is 0 Å². The van der Waals surface area contributed by atoms with Crippen LogP contribution in [-0.2, 0) is 4.79 Å². The number of nitrogens with one attached hydrogen (secondary N) is 1. The Labute approximate surface area is 122 Å². The van der Waals surface area contributed by atoms with Gasteiger partial charge in [-0.25, -0.2) is 0 Å². The van der Waals surface area contributed by atoms with Gasteiger partial charge >= 0.3 is 0 Å². The maximum absolute atomic E-state index is 12.4. The first-order valence-corrected chi connectivity index (χ1v) is 8.39. The predicted octanol–water partition coefficient (Wildman–Crippen LogP) is 1.18. The Kier molecular flexibility index (Phi) is 4.61. The fourth-order valence-corrected chi connectivity index (χ4v) is 4.43. The lowest BCUT2D eigenvalue weighted by molar-refractivity contribution is -0.131. The minimum absolute atomic E-state index is 0.315. The average molecular weight is 279 g/mol. The summed E-state index contributed by atoms with van der Waals surface area (Å²) in [5.74, 6) is 2.99. The Morgan fingerprint density at radius 1 is 1.25 bits per heavy atom. The summed E-state index contributed by atoms with van der Waals surface area (Å²) in [4.78, 5) is 16.7. The molecule has 4 heteroatoms. The van der Waals surface area contributed by atoms with Crippen LogP contribution in [0.15, 0.2) is 0 Å². The minimum Gasteiger partial charge on any atom is -0.344 e. The zero-order chi connectivity index (χ0) is 13.9. The largest absolute Gasteiger partial charge is 0.344 e. The van der Waals surface area contributed by atoms with Crippen LogP contribution in [0, 0.1) is 17.8 Å². The van der Waals surface area contributed by atoms with Crippen molar-refractivity contribution in [1.82, 2.24) is 15.1 Å². The second-order valence-corrected chi connectivity index (χ2v) is 7.09. The second kappa shape index (κ2) is 6.44. The molecule has 3 unspecified atom stereocenters. The van der Waals surface area contributed by atoms with Crippen LogP contribution in [0.25, 0.3) is 0 Å². The summed E-state index contributed by atoms with van der Waals surface area (Å²) in [7, 11) is 2.00. The Balaban J connectivity index is 1.44. The molecule has 1 amide bonds. The number of rotatable bonds is 4. The van der Waals surface area contributed by atoms with Gasteiger partial charge < -0.3 is 10.2 Å². The molecule has 3 aliphatic rings. The molecule has 2 aliphatic carbocycles. The topological polar surface area (TPSA) is 35.6 Å². The summed E-state index contributed by atoms with van der Waals surface area (Å²) in [5, 5.41) is 3.39. The van der Waals surface area contributed by atoms with E-state index in [1.54, 1.807) is 0 Å². The van der Waals surface area contributed by atoms with Crippen molar-refractivity contribution in [3.63, 3.8) is 0 Å². The van der Waals surface area contributed by atoms with E-state index in [1.807, 2.05) is 11.9 Å². The van der Waals surface area contributed by atoms with Crippen LogP contribution >= 0.6 is 0 Å². The molecule has 0 radical (unpaired) electrons. The molecular weight excluding hydrogens is 250 g/mol. The molecule has 20 heavy (non-hydrogen) atoms. The van der Waals surface area contributed by atoms with Crippen molar-refractivity contribution in [3.05, 3.63) is 0 Å². The lowest BCUT2D eigenvalue weighted by atomic mass is 9.88. The fourth-order valence-electron chi connectivity index (χ4n) is 4.43. The third-order valence-corrected chi connectivity index (χ3v) is 5.61. The Morgan fingerprint density at radius 2 is 2.15 bits per heavy atom. The monoisotopic (exact) mass is 279 g/mol. The van der Waals surface area contributed by atoms with Gasteiger partial charge in [-0.1, -0.05) is 6.42 Å². The number of likely N-dealkylation sites (N-methyl/N-ethyl adjacent to an activating group) is 1. The molecule has 3 atom stereocenters. The number of carbonyl (C=O) groups is 1. The van der Waals surface area contributed by atoms with Gasteiger partial charge in [0.05, 0.1) is 6.54 Å². The van der Waals surface area contributed by atoms with Crippen LogP contribution in [0.2, 0.25) is 0 Å². The molecule has 4 nitrogen and oxygen atoms in total. The lowest BCUT2D eigenvalue weighted by Crippen LogP contribution is -2.42. The summed E-state index contributed by atoms with van der Waals surface area (Å²) < 4.78 is 0. The van der Waals surface area contributed by atoms with Gasteiger partial charge in [-0.15, -0.1) is 0 Å². The quantitative estimate of drug-likeness (QED) is 0.839. The molecule has 0 aromatic rings. The molecule has 3 rings (SSSR count). The molecule has 114 valence electrons. The zero-order valence-electron chi connectivity index (χ0n) is 12.8. The molecule has 1 saturated heterocycles. The van der Waals surface area contributed by atoms with Gasteiger partial charge in [0.25, 0.3) is 0 Å². The first-order valence-electron chi connectivity index (χ1n) is 8.39. The van der Waals surface area contributed by atoms with Crippen LogP contribution in [0.3, 0.4) is 0 Å². The van der Waals surface area contributed by atoms with Crippen molar-refractivity contribution in [1.29, 1.82) is 0 Å². The van der Waals surface area contributed by atoms with E-state index in [0.717, 1.165) is 56.9 Å². The van der Waals surface area contributed by atoms with Gasteiger partial charge in [0.15, 0.2) is 0 Å². The van der Waals surface area contributed by atoms with Crippen LogP contribution < -0.4 is 5.32 Å². The van der Waals surface area contributed by atoms with Crippen LogP contribution in [-0.4, -0.2) is 62.0 Å². The maximum atomic E-state index is 12.4. The molecule has 0 spiro atoms. The standard InChI is InChI=1S/C16H29N3O/c1-18(11-15-10-13-3-4-14(15)9-13)16(20)12-19-7-2-5-17-6-8-19/h13-15,17H,2-12H2,1H3. The smallest absolute Gasteiger partial charge is 0.236 e. The van der Waals surface area contributed by atoms with E-state index in [-0.39, 0.29) is 0 Å². The highest BCUT2D eigenvalue weighted by atomic mass is 16.2. The molecule has 2 bridgehead atoms. The van der Waals surface area contributed by atoms with E-state index in [1.165, 1.54) is 25.7 Å². The summed E-state index contributed by atoms with van der Waals surface area (Å²) >= 11 is 0. The van der Waals surface area contributed by atoms with Gasteiger partial charge in [-0.2, -0.15) is 0 Å². The Morgan fingerprint density at radius 3 is 2.90 bits per heavy atom. The number of hydrogen-bond donors (Lipinski definition) is 1. The number of carbonyl (C=O) groups excluding carboxylic acids is 1. The molecule has 1 heterocycles. The molecule has 0 aromatic carbocycles. The predicted molar refractivity (Wildman–Crippen MR) is 80.5 cm³/mol. The van der Waals surface area contributed by atoms with Crippen molar-refractivity contribution in [2.75, 3.05) is 46.3 Å². The van der Waals surface area contributed by atoms with Crippen molar-refractivity contribution in [2.45, 2.75) is 32.1 Å². The normalized spacial score (nSPS) is 34.1. The second-order valence-electron chi connectivity index (χ2n) is 7.09. The van der Waals surface area contributed by atoms with Gasteiger partial charge in [0.1, 0.15) is 0 Å². The molecule has 0 aromatic heterocycles. The summed E-state index contributed by atoms with van der Waals surface area (Å²) in [6, 6.07) is 0. The highest BCUT2D eigenvalue weighted by molar-refractivity contribution is 5.78. The van der Waals surface area contributed by atoms with Crippen LogP contribution in [0.1, 0.15) is 32.1 Å². The first kappa shape index (κ1) is 14.3. The van der Waals surface area contributed by atoms with E-state index in [0.29, 0.717) is 12.5 Å². The lowest BCUT2D eigenvalue weighted by Gasteiger charge is -2.29. The van der Waals surface area contributed by atoms with Gasteiger partial charge in [-0.05, 0) is 56.5 Å². The van der Waals surface area contributed by atoms with Crippen molar-refractivity contribution in [3.8, 4) is 0 Å². The SMILES string of the molecule is CN(CC1CC2CCC1C2)C(=O)CN1CCCNCC1. The molecule has 3 fully saturated rings. The highest BCUT2D eigenvalue weighted by Gasteiger charge is 2.40. The van der Waals surface area contributed by atoms with Crippen molar-refractivity contribution < 1.29 is 4.79 Å². The maximum Gasteiger partial charge on any atom is 0.236 e. The molecule has 1 aliphatic heterocycles. The molecular formula is C16H29N3O. The number of fused-ring (bicyclic) bond motifs is 2. The van der Waals surface area contributed by atoms with Crippen LogP contribution in [0.5, 0.6) is 0 Å². The first-order chi connectivity index (χ1) is 9.72. The summed E-state index contributed by atoms with van der Waals surface area (Å²) in [5.41, 5.74) is 0. The summed E-state index contributed by atoms with van der Waals surface area (Å²) in [6.45, 7) is 5.77. The minimum atomic E-state index is 0.315. The zero-order valence-corrected chi connectivity index (χ0v) is 12.8. The van der Waals surface area contributed by atoms with Crippen molar-refractivity contribution in [2.24, 2.45) is 17.8 Å². The van der Waals surface area contributed by atoms with E-state index in [9.17, 15) is 4.79 Å². The molecule has 2 saturated carbocycles. The fraction of sp³-hybridized carbons (Fsp3) is 0.938. The number of nitrogens with zero attached hydrogens (tertiary/aromatic N) is 2. The average Bonchev–Trinajstić information content (AvgIpc) is 2.95. The van der Waals surface area contributed by atoms with E-state index < -0.39 is 0 Å². The van der Waals surface area contributed by atoms with Gasteiger partial charge in [0, 0.05) is 26.7 Å². The Bertz CT molecular complexity index is 339.